The van der Waals surface area contributed by atoms with Crippen LogP contribution in [0.2, 0.25) is 5.02 Å². The maximum absolute atomic E-state index is 13.3. The third kappa shape index (κ3) is 4.36. The number of hydrogen-bond donors (Lipinski definition) is 2. The molecule has 22 heavy (non-hydrogen) atoms. The lowest BCUT2D eigenvalue weighted by molar-refractivity contribution is 0.246. The smallest absolute Gasteiger partial charge is 0.319 e. The summed E-state index contributed by atoms with van der Waals surface area (Å²) < 4.78 is 18.5. The highest BCUT2D eigenvalue weighted by atomic mass is 35.5. The summed E-state index contributed by atoms with van der Waals surface area (Å²) in [4.78, 5) is 11.8. The Kier molecular flexibility index (Phi) is 5.61. The second-order valence-corrected chi connectivity index (χ2v) is 4.98. The fourth-order valence-electron chi connectivity index (χ4n) is 1.80. The Morgan fingerprint density at radius 3 is 2.77 bits per heavy atom. The second-order valence-electron chi connectivity index (χ2n) is 4.57. The van der Waals surface area contributed by atoms with Crippen molar-refractivity contribution in [3.8, 4) is 5.75 Å². The molecule has 2 rings (SSSR count). The van der Waals surface area contributed by atoms with Crippen LogP contribution in [0.3, 0.4) is 0 Å². The summed E-state index contributed by atoms with van der Waals surface area (Å²) >= 11 is 5.98. The van der Waals surface area contributed by atoms with E-state index in [0.717, 1.165) is 5.56 Å². The highest BCUT2D eigenvalue weighted by Crippen LogP contribution is 2.22. The van der Waals surface area contributed by atoms with E-state index in [4.69, 9.17) is 16.3 Å². The van der Waals surface area contributed by atoms with Crippen LogP contribution in [-0.2, 0) is 0 Å². The summed E-state index contributed by atoms with van der Waals surface area (Å²) in [6.07, 6.45) is 0. The van der Waals surface area contributed by atoms with E-state index in [1.54, 1.807) is 30.3 Å². The van der Waals surface area contributed by atoms with E-state index < -0.39 is 5.82 Å². The highest BCUT2D eigenvalue weighted by Gasteiger charge is 2.06. The summed E-state index contributed by atoms with van der Waals surface area (Å²) in [7, 11) is 0. The number of carbonyl (C=O) groups is 1. The van der Waals surface area contributed by atoms with Gasteiger partial charge in [-0.25, -0.2) is 9.18 Å². The van der Waals surface area contributed by atoms with E-state index in [-0.39, 0.29) is 24.9 Å². The van der Waals surface area contributed by atoms with Gasteiger partial charge < -0.3 is 15.4 Å². The molecule has 2 N–H and O–H groups in total. The molecule has 0 fully saturated rings. The van der Waals surface area contributed by atoms with E-state index in [1.165, 1.54) is 12.1 Å². The monoisotopic (exact) mass is 322 g/mol. The molecule has 0 heterocycles. The topological polar surface area (TPSA) is 50.4 Å². The van der Waals surface area contributed by atoms with E-state index >= 15 is 0 Å². The molecule has 0 aromatic heterocycles. The van der Waals surface area contributed by atoms with Gasteiger partial charge in [0.25, 0.3) is 0 Å². The number of nitrogens with one attached hydrogen (secondary N) is 2. The minimum Gasteiger partial charge on any atom is -0.489 e. The van der Waals surface area contributed by atoms with Crippen LogP contribution >= 0.6 is 11.6 Å². The van der Waals surface area contributed by atoms with Crippen molar-refractivity contribution < 1.29 is 13.9 Å². The van der Waals surface area contributed by atoms with E-state index in [0.29, 0.717) is 10.7 Å². The average Bonchev–Trinajstić information content (AvgIpc) is 2.50. The molecule has 0 radical (unpaired) electrons. The molecule has 0 aliphatic heterocycles. The molecule has 0 unspecified atom stereocenters. The summed E-state index contributed by atoms with van der Waals surface area (Å²) in [6, 6.07) is 11.0. The molecule has 4 nitrogen and oxygen atoms in total. The Morgan fingerprint density at radius 1 is 1.23 bits per heavy atom. The Balaban J connectivity index is 1.76. The summed E-state index contributed by atoms with van der Waals surface area (Å²) in [6.45, 7) is 2.24. The van der Waals surface area contributed by atoms with Crippen LogP contribution < -0.4 is 15.4 Å². The van der Waals surface area contributed by atoms with Gasteiger partial charge in [0, 0.05) is 10.7 Å². The van der Waals surface area contributed by atoms with Crippen molar-refractivity contribution in [2.45, 2.75) is 6.92 Å². The van der Waals surface area contributed by atoms with Crippen LogP contribution in [0.15, 0.2) is 42.5 Å². The highest BCUT2D eigenvalue weighted by molar-refractivity contribution is 6.31. The number of hydrogen-bond acceptors (Lipinski definition) is 2. The SMILES string of the molecule is Cc1c(Cl)cccc1NC(=O)NCCOc1ccccc1F. The van der Waals surface area contributed by atoms with Crippen molar-refractivity contribution >= 4 is 23.3 Å². The van der Waals surface area contributed by atoms with Gasteiger partial charge in [-0.1, -0.05) is 29.8 Å². The van der Waals surface area contributed by atoms with Crippen LogP contribution in [-0.4, -0.2) is 19.2 Å². The van der Waals surface area contributed by atoms with E-state index in [9.17, 15) is 9.18 Å². The molecule has 6 heteroatoms. The Labute approximate surface area is 133 Å². The van der Waals surface area contributed by atoms with Crippen LogP contribution in [0, 0.1) is 12.7 Å². The van der Waals surface area contributed by atoms with Crippen molar-refractivity contribution in [2.24, 2.45) is 0 Å². The molecule has 0 bridgehead atoms. The third-order valence-electron chi connectivity index (χ3n) is 3.00. The molecule has 2 amide bonds. The zero-order chi connectivity index (χ0) is 15.9. The lowest BCUT2D eigenvalue weighted by Gasteiger charge is -2.11. The molecule has 0 saturated carbocycles. The summed E-state index contributed by atoms with van der Waals surface area (Å²) in [5, 5.41) is 5.91. The zero-order valence-corrected chi connectivity index (χ0v) is 12.8. The van der Waals surface area contributed by atoms with Crippen molar-refractivity contribution in [3.05, 3.63) is 58.9 Å². The molecule has 2 aromatic carbocycles. The summed E-state index contributed by atoms with van der Waals surface area (Å²) in [5.74, 6) is -0.267. The van der Waals surface area contributed by atoms with Gasteiger partial charge in [-0.3, -0.25) is 0 Å². The lowest BCUT2D eigenvalue weighted by atomic mass is 10.2. The minimum atomic E-state index is -0.429. The standard InChI is InChI=1S/C16H16ClFN2O2/c1-11-12(17)5-4-7-14(11)20-16(21)19-9-10-22-15-8-3-2-6-13(15)18/h2-8H,9-10H2,1H3,(H2,19,20,21). The van der Waals surface area contributed by atoms with Crippen molar-refractivity contribution in [1.29, 1.82) is 0 Å². The molecule has 2 aromatic rings. The van der Waals surface area contributed by atoms with E-state index in [1.807, 2.05) is 6.92 Å². The second kappa shape index (κ2) is 7.66. The number of halogens is 2. The Bertz CT molecular complexity index is 664. The first-order chi connectivity index (χ1) is 10.6. The molecule has 116 valence electrons. The van der Waals surface area contributed by atoms with E-state index in [2.05, 4.69) is 10.6 Å². The zero-order valence-electron chi connectivity index (χ0n) is 12.0. The van der Waals surface area contributed by atoms with Gasteiger partial charge in [-0.2, -0.15) is 0 Å². The van der Waals surface area contributed by atoms with Crippen molar-refractivity contribution in [3.63, 3.8) is 0 Å². The first-order valence-electron chi connectivity index (χ1n) is 6.75. The van der Waals surface area contributed by atoms with Gasteiger partial charge in [0.15, 0.2) is 11.6 Å². The van der Waals surface area contributed by atoms with Crippen LogP contribution in [0.1, 0.15) is 5.56 Å². The lowest BCUT2D eigenvalue weighted by Crippen LogP contribution is -2.32. The first-order valence-corrected chi connectivity index (χ1v) is 7.13. The van der Waals surface area contributed by atoms with Crippen LogP contribution in [0.4, 0.5) is 14.9 Å². The number of ether oxygens (including phenoxy) is 1. The van der Waals surface area contributed by atoms with Crippen molar-refractivity contribution in [1.82, 2.24) is 5.32 Å². The number of anilines is 1. The Morgan fingerprint density at radius 2 is 2.00 bits per heavy atom. The largest absolute Gasteiger partial charge is 0.489 e. The number of urea groups is 1. The summed E-state index contributed by atoms with van der Waals surface area (Å²) in [5.41, 5.74) is 1.43. The van der Waals surface area contributed by atoms with Crippen molar-refractivity contribution in [2.75, 3.05) is 18.5 Å². The molecule has 0 spiro atoms. The molecule has 0 atom stereocenters. The number of para-hydroxylation sites is 1. The molecule has 0 aliphatic rings. The molecular formula is C16H16ClFN2O2. The maximum atomic E-state index is 13.3. The number of rotatable bonds is 5. The predicted octanol–water partition coefficient (Wildman–Crippen LogP) is 3.99. The quantitative estimate of drug-likeness (QED) is 0.818. The van der Waals surface area contributed by atoms with Gasteiger partial charge in [0.05, 0.1) is 6.54 Å². The molecule has 0 saturated heterocycles. The van der Waals surface area contributed by atoms with Gasteiger partial charge in [0.2, 0.25) is 0 Å². The predicted molar refractivity (Wildman–Crippen MR) is 85.1 cm³/mol. The first kappa shape index (κ1) is 16.1. The van der Waals surface area contributed by atoms with Crippen LogP contribution in [0.25, 0.3) is 0 Å². The number of benzene rings is 2. The fraction of sp³-hybridized carbons (Fsp3) is 0.188. The fourth-order valence-corrected chi connectivity index (χ4v) is 1.97. The van der Waals surface area contributed by atoms with Gasteiger partial charge in [-0.05, 0) is 36.8 Å². The normalized spacial score (nSPS) is 10.1. The maximum Gasteiger partial charge on any atom is 0.319 e. The van der Waals surface area contributed by atoms with Crippen LogP contribution in [0.5, 0.6) is 5.75 Å². The average molecular weight is 323 g/mol. The molecule has 0 aliphatic carbocycles. The Hall–Kier alpha value is -2.27. The molecular weight excluding hydrogens is 307 g/mol. The van der Waals surface area contributed by atoms with Gasteiger partial charge in [-0.15, -0.1) is 0 Å². The minimum absolute atomic E-state index is 0.162. The van der Waals surface area contributed by atoms with Gasteiger partial charge in [0.1, 0.15) is 6.61 Å². The number of amides is 2. The third-order valence-corrected chi connectivity index (χ3v) is 3.41. The number of carbonyl (C=O) groups excluding carboxylic acids is 1. The van der Waals surface area contributed by atoms with Gasteiger partial charge >= 0.3 is 6.03 Å².